The van der Waals surface area contributed by atoms with Crippen LogP contribution in [0, 0.1) is 0 Å². The molecule has 11 nitrogen and oxygen atoms in total. The molecule has 2 N–H and O–H groups in total. The highest BCUT2D eigenvalue weighted by Gasteiger charge is 2.62. The molecule has 0 unspecified atom stereocenters. The van der Waals surface area contributed by atoms with Crippen LogP contribution in [0.25, 0.3) is 0 Å². The first-order chi connectivity index (χ1) is 22.8. The molecule has 8 rings (SSSR count). The van der Waals surface area contributed by atoms with Crippen LogP contribution >= 0.6 is 0 Å². The van der Waals surface area contributed by atoms with Crippen molar-refractivity contribution in [3.05, 3.63) is 126 Å². The number of epoxide rings is 2. The third kappa shape index (κ3) is 5.47. The lowest BCUT2D eigenvalue weighted by molar-refractivity contribution is -0.136. The van der Waals surface area contributed by atoms with Crippen molar-refractivity contribution in [1.82, 2.24) is 0 Å². The molecule has 2 saturated heterocycles. The van der Waals surface area contributed by atoms with Gasteiger partial charge in [0.15, 0.2) is 10.9 Å². The maximum absolute atomic E-state index is 13.5. The van der Waals surface area contributed by atoms with Crippen LogP contribution in [0.5, 0.6) is 11.5 Å². The Morgan fingerprint density at radius 3 is 1.70 bits per heavy atom. The van der Waals surface area contributed by atoms with Crippen LogP contribution in [0.4, 0.5) is 0 Å². The first-order valence-electron chi connectivity index (χ1n) is 15.7. The van der Waals surface area contributed by atoms with Gasteiger partial charge in [-0.15, -0.1) is 0 Å². The lowest BCUT2D eigenvalue weighted by Gasteiger charge is -2.33. The second kappa shape index (κ2) is 11.8. The number of aliphatic hydroxyl groups excluding tert-OH is 2. The summed E-state index contributed by atoms with van der Waals surface area (Å²) in [4.78, 5) is 26.8. The molecule has 244 valence electrons. The molecule has 4 aromatic rings. The second-order valence-corrected chi connectivity index (χ2v) is 12.4. The van der Waals surface area contributed by atoms with E-state index in [1.165, 1.54) is 12.1 Å². The van der Waals surface area contributed by atoms with Crippen molar-refractivity contribution in [1.29, 1.82) is 0 Å². The van der Waals surface area contributed by atoms with E-state index in [4.69, 9.17) is 32.5 Å². The van der Waals surface area contributed by atoms with E-state index in [2.05, 4.69) is 0 Å². The molecule has 0 amide bonds. The molecule has 0 saturated carbocycles. The zero-order chi connectivity index (χ0) is 32.4. The lowest BCUT2D eigenvalue weighted by Crippen LogP contribution is -2.42. The van der Waals surface area contributed by atoms with Crippen LogP contribution in [0.2, 0.25) is 0 Å². The van der Waals surface area contributed by atoms with Gasteiger partial charge >= 0.3 is 0 Å². The molecular formula is C36H34O11. The molecule has 4 heterocycles. The molecule has 11 heteroatoms. The summed E-state index contributed by atoms with van der Waals surface area (Å²) < 4.78 is 40.6. The minimum absolute atomic E-state index is 0.0638. The topological polar surface area (TPSA) is 154 Å². The Morgan fingerprint density at radius 2 is 1.15 bits per heavy atom. The Balaban J connectivity index is 1.01. The normalized spacial score (nSPS) is 28.0. The number of fused-ring (bicyclic) bond motifs is 6. The molecule has 2 aliphatic heterocycles. The number of hydrogen-bond acceptors (Lipinski definition) is 11. The minimum Gasteiger partial charge on any atom is -0.497 e. The summed E-state index contributed by atoms with van der Waals surface area (Å²) >= 11 is 0. The molecule has 0 radical (unpaired) electrons. The van der Waals surface area contributed by atoms with Gasteiger partial charge in [-0.3, -0.25) is 9.59 Å². The van der Waals surface area contributed by atoms with E-state index < -0.39 is 48.8 Å². The Morgan fingerprint density at radius 1 is 0.660 bits per heavy atom. The van der Waals surface area contributed by atoms with Crippen molar-refractivity contribution in [2.75, 3.05) is 14.2 Å². The highest BCUT2D eigenvalue weighted by molar-refractivity contribution is 5.37. The van der Waals surface area contributed by atoms with Crippen LogP contribution in [0.15, 0.2) is 79.1 Å². The van der Waals surface area contributed by atoms with Gasteiger partial charge in [0.05, 0.1) is 25.3 Å². The van der Waals surface area contributed by atoms with Crippen molar-refractivity contribution in [2.24, 2.45) is 0 Å². The van der Waals surface area contributed by atoms with Gasteiger partial charge in [-0.1, -0.05) is 24.3 Å². The molecule has 2 aromatic carbocycles. The van der Waals surface area contributed by atoms with Gasteiger partial charge in [0, 0.05) is 25.0 Å². The monoisotopic (exact) mass is 642 g/mol. The summed E-state index contributed by atoms with van der Waals surface area (Å²) in [5.41, 5.74) is 1.59. The number of hydrogen-bond donors (Lipinski definition) is 2. The average molecular weight is 643 g/mol. The number of ether oxygens (including phenoxy) is 5. The fourth-order valence-electron chi connectivity index (χ4n) is 6.84. The Labute approximate surface area is 269 Å². The fourth-order valence-corrected chi connectivity index (χ4v) is 6.84. The number of benzene rings is 2. The summed E-state index contributed by atoms with van der Waals surface area (Å²) in [6.45, 7) is 0. The summed E-state index contributed by atoms with van der Waals surface area (Å²) in [5, 5.41) is 22.6. The van der Waals surface area contributed by atoms with E-state index in [0.717, 1.165) is 22.6 Å². The Bertz CT molecular complexity index is 1910. The van der Waals surface area contributed by atoms with Crippen molar-refractivity contribution in [2.45, 2.75) is 74.5 Å². The van der Waals surface area contributed by atoms with Crippen molar-refractivity contribution in [3.63, 3.8) is 0 Å². The molecule has 8 atom stereocenters. The van der Waals surface area contributed by atoms with E-state index in [-0.39, 0.29) is 27.7 Å². The number of aryl methyl sites for hydroxylation is 4. The third-order valence-corrected chi connectivity index (χ3v) is 9.50. The molecule has 4 aliphatic rings. The predicted octanol–water partition coefficient (Wildman–Crippen LogP) is 3.61. The third-order valence-electron chi connectivity index (χ3n) is 9.50. The van der Waals surface area contributed by atoms with Gasteiger partial charge in [0.2, 0.25) is 0 Å². The molecule has 0 spiro atoms. The zero-order valence-electron chi connectivity index (χ0n) is 25.8. The quantitative estimate of drug-likeness (QED) is 0.244. The SMILES string of the molecule is COc1ccc(CCc2cc(=O)c3c(o2)[C@H]2O[C@H]2[C@@H](O[C@@H]2c4c(oc(CCc5ccc(OC)cc5)cc4=O)[C@@H]4O[C@@H]4[C@@H]2O)[C@@H]3O)cc1. The fraction of sp³-hybridized carbons (Fsp3) is 0.389. The van der Waals surface area contributed by atoms with E-state index in [1.54, 1.807) is 14.2 Å². The molecule has 2 aliphatic carbocycles. The first kappa shape index (κ1) is 30.1. The van der Waals surface area contributed by atoms with E-state index in [9.17, 15) is 19.8 Å². The summed E-state index contributed by atoms with van der Waals surface area (Å²) in [5.74, 6) is 3.11. The van der Waals surface area contributed by atoms with Crippen LogP contribution in [-0.2, 0) is 39.9 Å². The summed E-state index contributed by atoms with van der Waals surface area (Å²) in [7, 11) is 3.22. The second-order valence-electron chi connectivity index (χ2n) is 12.4. The van der Waals surface area contributed by atoms with Crippen molar-refractivity contribution >= 4 is 0 Å². The highest BCUT2D eigenvalue weighted by atomic mass is 16.6. The van der Waals surface area contributed by atoms with Gasteiger partial charge in [0.1, 0.15) is 83.4 Å². The van der Waals surface area contributed by atoms with Crippen LogP contribution in [0.3, 0.4) is 0 Å². The Hall–Kier alpha value is -4.26. The largest absolute Gasteiger partial charge is 0.497 e. The maximum atomic E-state index is 13.5. The van der Waals surface area contributed by atoms with Crippen molar-refractivity contribution in [3.8, 4) is 11.5 Å². The standard InChI is InChI=1S/C36H34O11/c1-41-19-9-3-17(4-10-19)7-13-21-15-23(37)25-27(39)32(36-35(47-36)30(25)43-21)45-29-26-24(38)16-22(44-31(26)34-33(46-34)28(29)40)14-8-18-5-11-20(42-2)12-6-18/h3-6,9-12,15-16,27-29,32-36,39-40H,7-8,13-14H2,1-2H3/t27-,28-,29-,32+,33-,34+,35-,36+/m1/s1. The number of methoxy groups -OCH3 is 2. The molecule has 2 aromatic heterocycles. The smallest absolute Gasteiger partial charge is 0.191 e. The molecular weight excluding hydrogens is 608 g/mol. The van der Waals surface area contributed by atoms with Crippen molar-refractivity contribution < 1.29 is 42.7 Å². The summed E-state index contributed by atoms with van der Waals surface area (Å²) in [6, 6.07) is 18.1. The maximum Gasteiger partial charge on any atom is 0.191 e. The minimum atomic E-state index is -1.40. The summed E-state index contributed by atoms with van der Waals surface area (Å²) in [6.07, 6.45) is -4.90. The van der Waals surface area contributed by atoms with Gasteiger partial charge in [-0.25, -0.2) is 0 Å². The van der Waals surface area contributed by atoms with Gasteiger partial charge in [0.25, 0.3) is 0 Å². The van der Waals surface area contributed by atoms with Crippen LogP contribution < -0.4 is 20.3 Å². The molecule has 47 heavy (non-hydrogen) atoms. The number of aliphatic hydroxyl groups is 2. The van der Waals surface area contributed by atoms with Gasteiger partial charge in [-0.2, -0.15) is 0 Å². The zero-order valence-corrected chi connectivity index (χ0v) is 25.8. The van der Waals surface area contributed by atoms with Gasteiger partial charge in [-0.05, 0) is 48.2 Å². The predicted molar refractivity (Wildman–Crippen MR) is 165 cm³/mol. The van der Waals surface area contributed by atoms with Crippen LogP contribution in [-0.4, -0.2) is 48.8 Å². The van der Waals surface area contributed by atoms with E-state index >= 15 is 0 Å². The van der Waals surface area contributed by atoms with E-state index in [1.807, 2.05) is 48.5 Å². The molecule has 2 fully saturated rings. The Kier molecular flexibility index (Phi) is 7.53. The first-order valence-corrected chi connectivity index (χ1v) is 15.7. The molecule has 0 bridgehead atoms. The van der Waals surface area contributed by atoms with E-state index in [0.29, 0.717) is 43.0 Å². The lowest BCUT2D eigenvalue weighted by atomic mass is 9.88. The average Bonchev–Trinajstić information content (AvgIpc) is 4.01. The van der Waals surface area contributed by atoms with Crippen LogP contribution in [0.1, 0.15) is 69.7 Å². The van der Waals surface area contributed by atoms with Gasteiger partial charge < -0.3 is 42.7 Å². The highest BCUT2D eigenvalue weighted by Crippen LogP contribution is 2.55. The number of rotatable bonds is 10.